The summed E-state index contributed by atoms with van der Waals surface area (Å²) in [5, 5.41) is 19.6. The van der Waals surface area contributed by atoms with Crippen LogP contribution in [-0.4, -0.2) is 63.5 Å². The minimum Gasteiger partial charge on any atom is -0.381 e. The van der Waals surface area contributed by atoms with Crippen LogP contribution >= 0.6 is 0 Å². The van der Waals surface area contributed by atoms with Gasteiger partial charge < -0.3 is 25.2 Å². The molecule has 0 saturated carbocycles. The molecule has 3 atom stereocenters. The van der Waals surface area contributed by atoms with Crippen LogP contribution < -0.4 is 10.6 Å². The lowest BCUT2D eigenvalue weighted by molar-refractivity contribution is -0.147. The number of nitrogens with zero attached hydrogens (tertiary/aromatic N) is 2. The maximum Gasteiger partial charge on any atom is 0.267 e. The molecule has 3 aromatic rings. The number of aryl methyl sites for hydroxylation is 2. The zero-order valence-electron chi connectivity index (χ0n) is 22.2. The first-order valence-corrected chi connectivity index (χ1v) is 12.7. The van der Waals surface area contributed by atoms with E-state index in [1.165, 1.54) is 13.8 Å². The van der Waals surface area contributed by atoms with E-state index in [1.807, 2.05) is 0 Å². The maximum atomic E-state index is 14.5. The number of aliphatic hydroxyl groups is 1. The first-order chi connectivity index (χ1) is 19.4. The molecule has 1 fully saturated rings. The van der Waals surface area contributed by atoms with Gasteiger partial charge in [0.25, 0.3) is 17.7 Å². The largest absolute Gasteiger partial charge is 0.381 e. The smallest absolute Gasteiger partial charge is 0.267 e. The summed E-state index contributed by atoms with van der Waals surface area (Å²) in [5.41, 5.74) is 0.499. The molecule has 1 aliphatic heterocycles. The molecule has 1 aromatic heterocycles. The average Bonchev–Trinajstić information content (AvgIpc) is 3.44. The number of carbonyl (C=O) groups is 3. The molecule has 13 heteroatoms. The van der Waals surface area contributed by atoms with Gasteiger partial charge in [-0.2, -0.15) is 0 Å². The van der Waals surface area contributed by atoms with Crippen LogP contribution in [0.5, 0.6) is 0 Å². The van der Waals surface area contributed by atoms with Crippen molar-refractivity contribution in [1.29, 1.82) is 0 Å². The van der Waals surface area contributed by atoms with E-state index >= 15 is 0 Å². The van der Waals surface area contributed by atoms with Gasteiger partial charge in [-0.05, 0) is 38.0 Å². The van der Waals surface area contributed by atoms with Crippen LogP contribution in [0.4, 0.5) is 17.6 Å². The number of benzene rings is 2. The average molecular weight is 577 g/mol. The van der Waals surface area contributed by atoms with Crippen LogP contribution in [0, 0.1) is 25.5 Å². The molecule has 0 bridgehead atoms. The second kappa shape index (κ2) is 12.1. The van der Waals surface area contributed by atoms with E-state index in [9.17, 15) is 37.1 Å². The van der Waals surface area contributed by atoms with Gasteiger partial charge in [0.2, 0.25) is 5.91 Å². The van der Waals surface area contributed by atoms with Crippen molar-refractivity contribution >= 4 is 17.7 Å². The number of carbonyl (C=O) groups excluding carboxylic acids is 3. The van der Waals surface area contributed by atoms with Crippen molar-refractivity contribution in [3.05, 3.63) is 88.3 Å². The zero-order valence-corrected chi connectivity index (χ0v) is 22.2. The predicted octanol–water partition coefficient (Wildman–Crippen LogP) is 2.82. The third-order valence-electron chi connectivity index (χ3n) is 6.87. The monoisotopic (exact) mass is 576 g/mol. The molecule has 3 amide bonds. The Kier molecular flexibility index (Phi) is 8.76. The van der Waals surface area contributed by atoms with E-state index in [-0.39, 0.29) is 23.4 Å². The van der Waals surface area contributed by atoms with Gasteiger partial charge in [0.15, 0.2) is 6.10 Å². The molecular weight excluding hydrogens is 548 g/mol. The van der Waals surface area contributed by atoms with Crippen LogP contribution in [0.3, 0.4) is 0 Å². The Morgan fingerprint density at radius 1 is 1.10 bits per heavy atom. The Hall–Kier alpha value is -4.26. The summed E-state index contributed by atoms with van der Waals surface area (Å²) in [7, 11) is 0. The molecule has 4 rings (SSSR count). The number of aromatic nitrogens is 1. The molecule has 9 nitrogen and oxygen atoms in total. The van der Waals surface area contributed by atoms with Crippen molar-refractivity contribution in [3.8, 4) is 0 Å². The van der Waals surface area contributed by atoms with Gasteiger partial charge in [0.05, 0.1) is 18.3 Å². The number of aliphatic hydroxyl groups excluding tert-OH is 1. The Balaban J connectivity index is 1.55. The highest BCUT2D eigenvalue weighted by atomic mass is 19.3. The summed E-state index contributed by atoms with van der Waals surface area (Å²) in [6.45, 7) is 1.21. The van der Waals surface area contributed by atoms with Crippen molar-refractivity contribution in [2.24, 2.45) is 0 Å². The quantitative estimate of drug-likeness (QED) is 0.337. The summed E-state index contributed by atoms with van der Waals surface area (Å²) in [6, 6.07) is 8.58. The van der Waals surface area contributed by atoms with Gasteiger partial charge in [0.1, 0.15) is 29.0 Å². The lowest BCUT2D eigenvalue weighted by Gasteiger charge is -2.30. The van der Waals surface area contributed by atoms with Crippen LogP contribution in [0.1, 0.15) is 39.4 Å². The van der Waals surface area contributed by atoms with Crippen molar-refractivity contribution < 1.29 is 41.6 Å². The molecule has 0 radical (unpaired) electrons. The summed E-state index contributed by atoms with van der Waals surface area (Å²) in [6.07, 6.45) is -3.16. The minimum atomic E-state index is -3.48. The molecule has 3 N–H and O–H groups in total. The van der Waals surface area contributed by atoms with Crippen molar-refractivity contribution in [3.63, 3.8) is 0 Å². The van der Waals surface area contributed by atoms with Crippen LogP contribution in [0.25, 0.3) is 0 Å². The van der Waals surface area contributed by atoms with Gasteiger partial charge >= 0.3 is 0 Å². The third kappa shape index (κ3) is 6.73. The Morgan fingerprint density at radius 2 is 1.76 bits per heavy atom. The van der Waals surface area contributed by atoms with Crippen LogP contribution in [-0.2, 0) is 22.6 Å². The van der Waals surface area contributed by atoms with E-state index in [4.69, 9.17) is 4.52 Å². The number of rotatable bonds is 9. The Bertz CT molecular complexity index is 1390. The minimum absolute atomic E-state index is 0.0590. The van der Waals surface area contributed by atoms with Gasteiger partial charge in [0, 0.05) is 18.5 Å². The fourth-order valence-corrected chi connectivity index (χ4v) is 4.78. The number of hydrogen-bond acceptors (Lipinski definition) is 6. The SMILES string of the molecule is Cc1noc(C)c1C(=O)N[C@@H](Cc1ccccc1)[C@H](O)C(=O)N1CC(F)(F)C[C@H]1C(=O)NCc1c(F)cccc1F. The van der Waals surface area contributed by atoms with E-state index in [1.54, 1.807) is 30.3 Å². The maximum absolute atomic E-state index is 14.5. The number of halogens is 4. The molecular formula is C28H28F4N4O5. The highest BCUT2D eigenvalue weighted by Gasteiger charge is 2.51. The highest BCUT2D eigenvalue weighted by Crippen LogP contribution is 2.33. The predicted molar refractivity (Wildman–Crippen MR) is 137 cm³/mol. The van der Waals surface area contributed by atoms with E-state index < -0.39 is 78.5 Å². The first kappa shape index (κ1) is 29.7. The number of nitrogens with one attached hydrogen (secondary N) is 2. The molecule has 0 unspecified atom stereocenters. The summed E-state index contributed by atoms with van der Waals surface area (Å²) < 4.78 is 62.0. The van der Waals surface area contributed by atoms with Crippen molar-refractivity contribution in [1.82, 2.24) is 20.7 Å². The third-order valence-corrected chi connectivity index (χ3v) is 6.87. The fourth-order valence-electron chi connectivity index (χ4n) is 4.78. The van der Waals surface area contributed by atoms with Gasteiger partial charge in [-0.25, -0.2) is 17.6 Å². The van der Waals surface area contributed by atoms with Crippen LogP contribution in [0.15, 0.2) is 53.1 Å². The molecule has 1 aliphatic rings. The van der Waals surface area contributed by atoms with E-state index in [0.29, 0.717) is 10.5 Å². The van der Waals surface area contributed by atoms with Gasteiger partial charge in [-0.3, -0.25) is 14.4 Å². The summed E-state index contributed by atoms with van der Waals surface area (Å²) in [5.74, 6) is -8.17. The molecule has 41 heavy (non-hydrogen) atoms. The normalized spacial score (nSPS) is 17.6. The van der Waals surface area contributed by atoms with Gasteiger partial charge in [-0.1, -0.05) is 41.6 Å². The second-order valence-corrected chi connectivity index (χ2v) is 9.87. The number of hydrogen-bond donors (Lipinski definition) is 3. The van der Waals surface area contributed by atoms with E-state index in [0.717, 1.165) is 18.2 Å². The fraction of sp³-hybridized carbons (Fsp3) is 0.357. The van der Waals surface area contributed by atoms with Crippen LogP contribution in [0.2, 0.25) is 0 Å². The van der Waals surface area contributed by atoms with Crippen molar-refractivity contribution in [2.45, 2.75) is 57.3 Å². The summed E-state index contributed by atoms with van der Waals surface area (Å²) >= 11 is 0. The topological polar surface area (TPSA) is 125 Å². The Labute approximate surface area is 232 Å². The second-order valence-electron chi connectivity index (χ2n) is 9.87. The molecule has 0 spiro atoms. The molecule has 1 saturated heterocycles. The number of alkyl halides is 2. The number of likely N-dealkylation sites (tertiary alicyclic amines) is 1. The lowest BCUT2D eigenvalue weighted by atomic mass is 9.99. The molecule has 2 heterocycles. The first-order valence-electron chi connectivity index (χ1n) is 12.7. The Morgan fingerprint density at radius 3 is 2.37 bits per heavy atom. The lowest BCUT2D eigenvalue weighted by Crippen LogP contribution is -2.56. The molecule has 2 aromatic carbocycles. The number of amides is 3. The zero-order chi connectivity index (χ0) is 29.9. The van der Waals surface area contributed by atoms with Gasteiger partial charge in [-0.15, -0.1) is 0 Å². The highest BCUT2D eigenvalue weighted by molar-refractivity contribution is 5.97. The standard InChI is InChI=1S/C28H28F4N4O5/c1-15-23(16(2)41-35-15)26(39)34-21(11-17-7-4-3-5-8-17)24(37)27(40)36-14-28(31,32)12-22(36)25(38)33-13-18-19(29)9-6-10-20(18)30/h3-10,21-22,24,37H,11-14H2,1-2H3,(H,33,38)(H,34,39)/t21-,22-,24-/m0/s1. The molecule has 0 aliphatic carbocycles. The molecule has 218 valence electrons. The van der Waals surface area contributed by atoms with Crippen molar-refractivity contribution in [2.75, 3.05) is 6.54 Å². The van der Waals surface area contributed by atoms with E-state index in [2.05, 4.69) is 15.8 Å². The summed E-state index contributed by atoms with van der Waals surface area (Å²) in [4.78, 5) is 39.9.